The molecule has 0 aromatic heterocycles. The first-order chi connectivity index (χ1) is 10.4. The SMILES string of the molecule is CC(C)(C)OC(=O)COC1CCC([I+]C2CCCCC2)CC1. The Hall–Kier alpha value is 0.160. The van der Waals surface area contributed by atoms with Crippen LogP contribution in [0.1, 0.15) is 78.6 Å². The fraction of sp³-hybridized carbons (Fsp3) is 0.944. The second-order valence-electron chi connectivity index (χ2n) is 7.63. The third-order valence-electron chi connectivity index (χ3n) is 4.35. The number of hydrogen-bond acceptors (Lipinski definition) is 3. The normalized spacial score (nSPS) is 27.6. The highest BCUT2D eigenvalue weighted by Gasteiger charge is 2.36. The van der Waals surface area contributed by atoms with Crippen LogP contribution in [0.15, 0.2) is 0 Å². The van der Waals surface area contributed by atoms with Gasteiger partial charge in [-0.25, -0.2) is 4.79 Å². The number of hydrogen-bond donors (Lipinski definition) is 0. The molecule has 128 valence electrons. The summed E-state index contributed by atoms with van der Waals surface area (Å²) in [6.07, 6.45) is 12.6. The van der Waals surface area contributed by atoms with Crippen molar-refractivity contribution in [2.75, 3.05) is 6.61 Å². The highest BCUT2D eigenvalue weighted by Crippen LogP contribution is 2.20. The van der Waals surface area contributed by atoms with E-state index in [9.17, 15) is 4.79 Å². The molecule has 0 amide bonds. The van der Waals surface area contributed by atoms with Crippen molar-refractivity contribution in [3.63, 3.8) is 0 Å². The Balaban J connectivity index is 1.59. The molecule has 2 aliphatic rings. The quantitative estimate of drug-likeness (QED) is 0.377. The molecule has 3 nitrogen and oxygen atoms in total. The largest absolute Gasteiger partial charge is 0.458 e. The predicted octanol–water partition coefficient (Wildman–Crippen LogP) is 1.08. The third-order valence-corrected chi connectivity index (χ3v) is 8.88. The van der Waals surface area contributed by atoms with Gasteiger partial charge in [-0.3, -0.25) is 0 Å². The number of alkyl halides is 2. The smallest absolute Gasteiger partial charge is 0.332 e. The monoisotopic (exact) mass is 423 g/mol. The van der Waals surface area contributed by atoms with Crippen LogP contribution in [-0.2, 0) is 14.3 Å². The van der Waals surface area contributed by atoms with E-state index in [0.29, 0.717) is 21.2 Å². The Bertz CT molecular complexity index is 337. The summed E-state index contributed by atoms with van der Waals surface area (Å²) < 4.78 is 13.2. The van der Waals surface area contributed by atoms with Gasteiger partial charge in [0.05, 0.1) is 6.10 Å². The van der Waals surface area contributed by atoms with Gasteiger partial charge in [-0.1, -0.05) is 6.42 Å². The summed E-state index contributed by atoms with van der Waals surface area (Å²) >= 11 is 0.374. The van der Waals surface area contributed by atoms with Crippen molar-refractivity contribution in [3.05, 3.63) is 0 Å². The molecule has 2 saturated carbocycles. The molecule has 0 heterocycles. The van der Waals surface area contributed by atoms with Gasteiger partial charge in [0.25, 0.3) is 21.2 Å². The lowest BCUT2D eigenvalue weighted by Crippen LogP contribution is -3.68. The Morgan fingerprint density at radius 3 is 2.14 bits per heavy atom. The molecule has 2 aliphatic carbocycles. The first kappa shape index (κ1) is 18.5. The number of carbonyl (C=O) groups excluding carboxylic acids is 1. The average molecular weight is 423 g/mol. The van der Waals surface area contributed by atoms with E-state index in [0.717, 1.165) is 20.7 Å². The maximum atomic E-state index is 11.7. The van der Waals surface area contributed by atoms with Crippen LogP contribution in [0.5, 0.6) is 0 Å². The lowest BCUT2D eigenvalue weighted by molar-refractivity contribution is -0.726. The molecule has 2 fully saturated rings. The van der Waals surface area contributed by atoms with Gasteiger partial charge < -0.3 is 9.47 Å². The molecule has 22 heavy (non-hydrogen) atoms. The van der Waals surface area contributed by atoms with Crippen molar-refractivity contribution in [2.24, 2.45) is 0 Å². The van der Waals surface area contributed by atoms with Gasteiger partial charge >= 0.3 is 5.97 Å². The van der Waals surface area contributed by atoms with E-state index in [1.165, 1.54) is 44.9 Å². The first-order valence-electron chi connectivity index (χ1n) is 8.88. The zero-order chi connectivity index (χ0) is 16.0. The highest BCUT2D eigenvalue weighted by molar-refractivity contribution is 5.71. The van der Waals surface area contributed by atoms with Gasteiger partial charge in [0.1, 0.15) is 12.2 Å². The summed E-state index contributed by atoms with van der Waals surface area (Å²) in [4.78, 5) is 11.7. The lowest BCUT2D eigenvalue weighted by Gasteiger charge is -2.25. The van der Waals surface area contributed by atoms with Crippen LogP contribution in [0.2, 0.25) is 0 Å². The van der Waals surface area contributed by atoms with Gasteiger partial charge in [0, 0.05) is 0 Å². The Labute approximate surface area is 146 Å². The maximum Gasteiger partial charge on any atom is 0.332 e. The van der Waals surface area contributed by atoms with Crippen LogP contribution < -0.4 is 21.2 Å². The van der Waals surface area contributed by atoms with Crippen LogP contribution in [0.25, 0.3) is 0 Å². The van der Waals surface area contributed by atoms with E-state index in [1.54, 1.807) is 0 Å². The first-order valence-corrected chi connectivity index (χ1v) is 11.4. The molecule has 0 N–H and O–H groups in total. The maximum absolute atomic E-state index is 11.7. The molecule has 0 aromatic carbocycles. The standard InChI is InChI=1S/C18H32IO3/c1-18(2,3)22-17(20)13-21-16-11-9-15(10-12-16)19-14-7-5-4-6-8-14/h14-16H,4-13H2,1-3H3/q+1. The summed E-state index contributed by atoms with van der Waals surface area (Å²) in [5, 5.41) is 0. The minimum atomic E-state index is -0.414. The fourth-order valence-corrected chi connectivity index (χ4v) is 7.78. The Morgan fingerprint density at radius 2 is 1.55 bits per heavy atom. The van der Waals surface area contributed by atoms with E-state index in [2.05, 4.69) is 0 Å². The molecule has 0 aromatic rings. The number of carbonyl (C=O) groups is 1. The number of ether oxygens (including phenoxy) is 2. The highest BCUT2D eigenvalue weighted by atomic mass is 127. The molecule has 0 saturated heterocycles. The summed E-state index contributed by atoms with van der Waals surface area (Å²) in [5.74, 6) is -0.232. The molecule has 0 aliphatic heterocycles. The van der Waals surface area contributed by atoms with Crippen molar-refractivity contribution in [1.29, 1.82) is 0 Å². The average Bonchev–Trinajstić information content (AvgIpc) is 2.46. The molecule has 0 atom stereocenters. The van der Waals surface area contributed by atoms with Crippen LogP contribution in [0.4, 0.5) is 0 Å². The van der Waals surface area contributed by atoms with E-state index in [4.69, 9.17) is 9.47 Å². The zero-order valence-electron chi connectivity index (χ0n) is 14.4. The van der Waals surface area contributed by atoms with Crippen LogP contribution in [-0.4, -0.2) is 32.1 Å². The van der Waals surface area contributed by atoms with Crippen LogP contribution in [0.3, 0.4) is 0 Å². The van der Waals surface area contributed by atoms with E-state index in [-0.39, 0.29) is 18.7 Å². The molecule has 0 unspecified atom stereocenters. The van der Waals surface area contributed by atoms with Crippen molar-refractivity contribution in [1.82, 2.24) is 0 Å². The van der Waals surface area contributed by atoms with E-state index >= 15 is 0 Å². The predicted molar refractivity (Wildman–Crippen MR) is 84.7 cm³/mol. The van der Waals surface area contributed by atoms with Crippen molar-refractivity contribution >= 4 is 5.97 Å². The molecule has 0 bridgehead atoms. The van der Waals surface area contributed by atoms with Crippen LogP contribution >= 0.6 is 0 Å². The molecule has 0 radical (unpaired) electrons. The lowest BCUT2D eigenvalue weighted by atomic mass is 9.98. The van der Waals surface area contributed by atoms with Crippen molar-refractivity contribution < 1.29 is 35.5 Å². The van der Waals surface area contributed by atoms with E-state index in [1.807, 2.05) is 20.8 Å². The molecular weight excluding hydrogens is 391 g/mol. The Morgan fingerprint density at radius 1 is 0.955 bits per heavy atom. The van der Waals surface area contributed by atoms with Crippen molar-refractivity contribution in [3.8, 4) is 0 Å². The fourth-order valence-electron chi connectivity index (χ4n) is 3.30. The second-order valence-corrected chi connectivity index (χ2v) is 11.9. The summed E-state index contributed by atoms with van der Waals surface area (Å²) in [7, 11) is 0. The van der Waals surface area contributed by atoms with Gasteiger partial charge in [0.15, 0.2) is 7.85 Å². The summed E-state index contributed by atoms with van der Waals surface area (Å²) in [6.45, 7) is 5.80. The minimum absolute atomic E-state index is 0.115. The van der Waals surface area contributed by atoms with Crippen molar-refractivity contribution in [2.45, 2.75) is 98.1 Å². The zero-order valence-corrected chi connectivity index (χ0v) is 16.6. The van der Waals surface area contributed by atoms with E-state index < -0.39 is 5.60 Å². The number of esters is 1. The molecule has 2 rings (SSSR count). The number of rotatable bonds is 5. The number of halogens is 1. The summed E-state index contributed by atoms with van der Waals surface area (Å²) in [5.41, 5.74) is -0.414. The Kier molecular flexibility index (Phi) is 7.45. The van der Waals surface area contributed by atoms with Crippen LogP contribution in [0, 0.1) is 0 Å². The van der Waals surface area contributed by atoms with Gasteiger partial charge in [-0.15, -0.1) is 0 Å². The molecule has 0 spiro atoms. The summed E-state index contributed by atoms with van der Waals surface area (Å²) in [6, 6.07) is 0. The van der Waals surface area contributed by atoms with Gasteiger partial charge in [-0.2, -0.15) is 0 Å². The van der Waals surface area contributed by atoms with Gasteiger partial charge in [-0.05, 0) is 72.1 Å². The van der Waals surface area contributed by atoms with Gasteiger partial charge in [0.2, 0.25) is 0 Å². The molecule has 4 heteroatoms. The minimum Gasteiger partial charge on any atom is -0.458 e. The molecular formula is C18H32IO3+. The second kappa shape index (κ2) is 8.86. The topological polar surface area (TPSA) is 35.5 Å². The third kappa shape index (κ3) is 7.16.